The quantitative estimate of drug-likeness (QED) is 0.764. The summed E-state index contributed by atoms with van der Waals surface area (Å²) in [6.45, 7) is 4.95. The number of benzene rings is 1. The number of halogens is 1. The predicted molar refractivity (Wildman–Crippen MR) is 83.0 cm³/mol. The first-order chi connectivity index (χ1) is 9.13. The zero-order valence-corrected chi connectivity index (χ0v) is 13.4. The summed E-state index contributed by atoms with van der Waals surface area (Å²) < 4.78 is 0. The molecule has 0 heterocycles. The van der Waals surface area contributed by atoms with Gasteiger partial charge < -0.3 is 4.90 Å². The Bertz CT molecular complexity index is 452. The molecule has 1 amide bonds. The Labute approximate surface area is 124 Å². The molecule has 2 nitrogen and oxygen atoms in total. The lowest BCUT2D eigenvalue weighted by Crippen LogP contribution is -2.40. The van der Waals surface area contributed by atoms with Crippen LogP contribution in [0.1, 0.15) is 47.2 Å². The van der Waals surface area contributed by atoms with Gasteiger partial charge in [-0.1, -0.05) is 34.8 Å². The van der Waals surface area contributed by atoms with Gasteiger partial charge in [-0.2, -0.15) is 0 Å². The highest BCUT2D eigenvalue weighted by atomic mass is 79.9. The molecule has 19 heavy (non-hydrogen) atoms. The predicted octanol–water partition coefficient (Wildman–Crippen LogP) is 4.08. The van der Waals surface area contributed by atoms with Crippen LogP contribution in [0.4, 0.5) is 0 Å². The molecular formula is C16H22BrNO. The van der Waals surface area contributed by atoms with Gasteiger partial charge in [0.05, 0.1) is 0 Å². The Hall–Kier alpha value is -0.830. The summed E-state index contributed by atoms with van der Waals surface area (Å²) in [5.74, 6) is 0.189. The van der Waals surface area contributed by atoms with Gasteiger partial charge in [0.2, 0.25) is 0 Å². The van der Waals surface area contributed by atoms with Crippen molar-refractivity contribution in [3.05, 3.63) is 34.9 Å². The molecule has 0 spiro atoms. The molecule has 2 rings (SSSR count). The number of carbonyl (C=O) groups is 1. The van der Waals surface area contributed by atoms with Crippen molar-refractivity contribution in [2.24, 2.45) is 0 Å². The zero-order chi connectivity index (χ0) is 13.8. The fraction of sp³-hybridized carbons (Fsp3) is 0.562. The third kappa shape index (κ3) is 3.38. The number of hydrogen-bond donors (Lipinski definition) is 0. The molecule has 3 heteroatoms. The number of carbonyl (C=O) groups excluding carboxylic acids is 1. The summed E-state index contributed by atoms with van der Waals surface area (Å²) in [4.78, 5) is 14.8. The number of alkyl halides is 1. The Morgan fingerprint density at radius 2 is 1.95 bits per heavy atom. The molecule has 0 radical (unpaired) electrons. The minimum absolute atomic E-state index is 0.189. The summed E-state index contributed by atoms with van der Waals surface area (Å²) in [5.41, 5.74) is 3.26. The van der Waals surface area contributed by atoms with Crippen molar-refractivity contribution in [2.45, 2.75) is 45.6 Å². The van der Waals surface area contributed by atoms with E-state index in [1.165, 1.54) is 24.0 Å². The Morgan fingerprint density at radius 3 is 2.53 bits per heavy atom. The first-order valence-electron chi connectivity index (χ1n) is 7.07. The second-order valence-corrected chi connectivity index (χ2v) is 6.22. The van der Waals surface area contributed by atoms with E-state index in [2.05, 4.69) is 34.7 Å². The third-order valence-corrected chi connectivity index (χ3v) is 4.46. The number of rotatable bonds is 4. The fourth-order valence-corrected chi connectivity index (χ4v) is 3.18. The van der Waals surface area contributed by atoms with Gasteiger partial charge in [-0.3, -0.25) is 4.79 Å². The van der Waals surface area contributed by atoms with Crippen LogP contribution in [-0.2, 0) is 0 Å². The molecule has 1 aliphatic carbocycles. The summed E-state index contributed by atoms with van der Waals surface area (Å²) in [7, 11) is 0. The summed E-state index contributed by atoms with van der Waals surface area (Å²) >= 11 is 3.47. The van der Waals surface area contributed by atoms with Crippen LogP contribution in [0.15, 0.2) is 18.2 Å². The van der Waals surface area contributed by atoms with Crippen LogP contribution in [0.25, 0.3) is 0 Å². The third-order valence-electron chi connectivity index (χ3n) is 4.11. The number of amides is 1. The molecule has 1 aromatic carbocycles. The average Bonchev–Trinajstić information content (AvgIpc) is 2.92. The molecule has 104 valence electrons. The first-order valence-corrected chi connectivity index (χ1v) is 8.20. The van der Waals surface area contributed by atoms with E-state index in [-0.39, 0.29) is 5.91 Å². The molecule has 0 saturated heterocycles. The molecule has 0 atom stereocenters. The highest BCUT2D eigenvalue weighted by Gasteiger charge is 2.26. The lowest BCUT2D eigenvalue weighted by Gasteiger charge is -2.28. The maximum atomic E-state index is 12.7. The van der Waals surface area contributed by atoms with Crippen LogP contribution in [0.3, 0.4) is 0 Å². The number of hydrogen-bond acceptors (Lipinski definition) is 1. The van der Waals surface area contributed by atoms with Crippen molar-refractivity contribution in [1.29, 1.82) is 0 Å². The molecule has 0 bridgehead atoms. The van der Waals surface area contributed by atoms with Crippen LogP contribution < -0.4 is 0 Å². The Balaban J connectivity index is 2.20. The topological polar surface area (TPSA) is 20.3 Å². The highest BCUT2D eigenvalue weighted by Crippen LogP contribution is 2.25. The van der Waals surface area contributed by atoms with Crippen LogP contribution in [0, 0.1) is 13.8 Å². The molecule has 1 saturated carbocycles. The van der Waals surface area contributed by atoms with Gasteiger partial charge in [-0.05, 0) is 49.9 Å². The maximum absolute atomic E-state index is 12.7. The van der Waals surface area contributed by atoms with Gasteiger partial charge in [-0.25, -0.2) is 0 Å². The van der Waals surface area contributed by atoms with Gasteiger partial charge in [0.1, 0.15) is 0 Å². The van der Waals surface area contributed by atoms with E-state index in [0.717, 1.165) is 30.3 Å². The molecule has 1 aromatic rings. The summed E-state index contributed by atoms with van der Waals surface area (Å²) in [5, 5.41) is 0.847. The van der Waals surface area contributed by atoms with Gasteiger partial charge in [0.25, 0.3) is 5.91 Å². The molecule has 1 fully saturated rings. The normalized spacial score (nSPS) is 15.7. The van der Waals surface area contributed by atoms with E-state index in [4.69, 9.17) is 0 Å². The van der Waals surface area contributed by atoms with Crippen molar-refractivity contribution in [3.8, 4) is 0 Å². The van der Waals surface area contributed by atoms with Gasteiger partial charge in [-0.15, -0.1) is 0 Å². The molecule has 1 aliphatic rings. The minimum atomic E-state index is 0.189. The van der Waals surface area contributed by atoms with Crippen LogP contribution in [-0.4, -0.2) is 28.7 Å². The van der Waals surface area contributed by atoms with Crippen LogP contribution in [0.2, 0.25) is 0 Å². The largest absolute Gasteiger partial charge is 0.335 e. The average molecular weight is 324 g/mol. The van der Waals surface area contributed by atoms with Crippen LogP contribution in [0.5, 0.6) is 0 Å². The molecule has 0 N–H and O–H groups in total. The highest BCUT2D eigenvalue weighted by molar-refractivity contribution is 9.09. The second-order valence-electron chi connectivity index (χ2n) is 5.42. The Morgan fingerprint density at radius 1 is 1.26 bits per heavy atom. The van der Waals surface area contributed by atoms with E-state index in [0.29, 0.717) is 6.04 Å². The minimum Gasteiger partial charge on any atom is -0.335 e. The fourth-order valence-electron chi connectivity index (χ4n) is 2.80. The molecular weight excluding hydrogens is 302 g/mol. The number of aryl methyl sites for hydroxylation is 2. The van der Waals surface area contributed by atoms with Crippen molar-refractivity contribution < 1.29 is 4.79 Å². The standard InChI is InChI=1S/C16H22BrNO/c1-12-7-8-14(11-13(12)2)16(19)18(10-9-17)15-5-3-4-6-15/h7-8,11,15H,3-6,9-10H2,1-2H3. The van der Waals surface area contributed by atoms with E-state index < -0.39 is 0 Å². The smallest absolute Gasteiger partial charge is 0.254 e. The van der Waals surface area contributed by atoms with Crippen LogP contribution >= 0.6 is 15.9 Å². The van der Waals surface area contributed by atoms with Crippen molar-refractivity contribution in [1.82, 2.24) is 4.90 Å². The first kappa shape index (κ1) is 14.6. The molecule has 0 aromatic heterocycles. The van der Waals surface area contributed by atoms with E-state index >= 15 is 0 Å². The van der Waals surface area contributed by atoms with Crippen molar-refractivity contribution in [3.63, 3.8) is 0 Å². The zero-order valence-electron chi connectivity index (χ0n) is 11.8. The van der Waals surface area contributed by atoms with Gasteiger partial charge in [0, 0.05) is 23.5 Å². The number of nitrogens with zero attached hydrogens (tertiary/aromatic N) is 1. The van der Waals surface area contributed by atoms with Gasteiger partial charge >= 0.3 is 0 Å². The summed E-state index contributed by atoms with van der Waals surface area (Å²) in [6.07, 6.45) is 4.82. The summed E-state index contributed by atoms with van der Waals surface area (Å²) in [6, 6.07) is 6.46. The van der Waals surface area contributed by atoms with Crippen molar-refractivity contribution >= 4 is 21.8 Å². The SMILES string of the molecule is Cc1ccc(C(=O)N(CCBr)C2CCCC2)cc1C. The maximum Gasteiger partial charge on any atom is 0.254 e. The van der Waals surface area contributed by atoms with Crippen molar-refractivity contribution in [2.75, 3.05) is 11.9 Å². The van der Waals surface area contributed by atoms with E-state index in [9.17, 15) is 4.79 Å². The molecule has 0 aliphatic heterocycles. The lowest BCUT2D eigenvalue weighted by molar-refractivity contribution is 0.0696. The molecule has 0 unspecified atom stereocenters. The van der Waals surface area contributed by atoms with E-state index in [1.807, 2.05) is 18.2 Å². The second kappa shape index (κ2) is 6.56. The van der Waals surface area contributed by atoms with E-state index in [1.54, 1.807) is 0 Å². The Kier molecular flexibility index (Phi) is 5.03. The lowest BCUT2D eigenvalue weighted by atomic mass is 10.0. The monoisotopic (exact) mass is 323 g/mol. The van der Waals surface area contributed by atoms with Gasteiger partial charge in [0.15, 0.2) is 0 Å².